The van der Waals surface area contributed by atoms with Gasteiger partial charge in [0.2, 0.25) is 0 Å². The van der Waals surface area contributed by atoms with Gasteiger partial charge < -0.3 is 14.6 Å². The molecule has 0 saturated heterocycles. The summed E-state index contributed by atoms with van der Waals surface area (Å²) in [6.07, 6.45) is 5.21. The van der Waals surface area contributed by atoms with Gasteiger partial charge in [0.15, 0.2) is 0 Å². The molecule has 0 aliphatic heterocycles. The number of hydrogen-bond donors (Lipinski definition) is 1. The summed E-state index contributed by atoms with van der Waals surface area (Å²) in [5.41, 5.74) is 3.03. The molecule has 32 heavy (non-hydrogen) atoms. The molecule has 1 N–H and O–H groups in total. The van der Waals surface area contributed by atoms with Crippen LogP contribution in [0.1, 0.15) is 37.0 Å². The second-order valence-electron chi connectivity index (χ2n) is 7.35. The molecule has 0 fully saturated rings. The SMILES string of the molecule is CNC(=O)c1ccc(CN(Cc2ccco2)C(=O)c2sc(-c3cnn(C)c3)nc2C)cc1. The topological polar surface area (TPSA) is 93.3 Å². The smallest absolute Gasteiger partial charge is 0.266 e. The summed E-state index contributed by atoms with van der Waals surface area (Å²) < 4.78 is 7.20. The van der Waals surface area contributed by atoms with Crippen molar-refractivity contribution >= 4 is 23.2 Å². The van der Waals surface area contributed by atoms with Crippen molar-refractivity contribution in [2.45, 2.75) is 20.0 Å². The first-order valence-electron chi connectivity index (χ1n) is 10.0. The molecule has 9 heteroatoms. The summed E-state index contributed by atoms with van der Waals surface area (Å²) in [6, 6.07) is 10.9. The van der Waals surface area contributed by atoms with Crippen molar-refractivity contribution in [2.75, 3.05) is 7.05 Å². The lowest BCUT2D eigenvalue weighted by molar-refractivity contribution is 0.0721. The number of thiazole rings is 1. The highest BCUT2D eigenvalue weighted by Crippen LogP contribution is 2.29. The molecule has 1 aromatic carbocycles. The number of aryl methyl sites for hydroxylation is 2. The van der Waals surface area contributed by atoms with Crippen LogP contribution in [0.3, 0.4) is 0 Å². The van der Waals surface area contributed by atoms with Crippen LogP contribution in [0.25, 0.3) is 10.6 Å². The average Bonchev–Trinajstić information content (AvgIpc) is 3.54. The molecule has 4 aromatic rings. The van der Waals surface area contributed by atoms with Gasteiger partial charge >= 0.3 is 0 Å². The molecule has 8 nitrogen and oxygen atoms in total. The zero-order valence-corrected chi connectivity index (χ0v) is 18.8. The van der Waals surface area contributed by atoms with Crippen LogP contribution in [0.15, 0.2) is 59.5 Å². The Balaban J connectivity index is 1.61. The lowest BCUT2D eigenvalue weighted by Gasteiger charge is -2.21. The first-order valence-corrected chi connectivity index (χ1v) is 10.9. The number of nitrogens with zero attached hydrogens (tertiary/aromatic N) is 4. The molecular formula is C23H23N5O3S. The van der Waals surface area contributed by atoms with Crippen LogP contribution in [-0.2, 0) is 20.1 Å². The molecule has 0 aliphatic rings. The summed E-state index contributed by atoms with van der Waals surface area (Å²) in [5, 5.41) is 7.55. The lowest BCUT2D eigenvalue weighted by Crippen LogP contribution is -2.30. The number of amides is 2. The van der Waals surface area contributed by atoms with Gasteiger partial charge in [-0.2, -0.15) is 5.10 Å². The van der Waals surface area contributed by atoms with Crippen LogP contribution in [0.2, 0.25) is 0 Å². The van der Waals surface area contributed by atoms with Crippen LogP contribution in [-0.4, -0.2) is 38.5 Å². The number of carbonyl (C=O) groups is 2. The molecule has 0 unspecified atom stereocenters. The molecule has 3 heterocycles. The third-order valence-corrected chi connectivity index (χ3v) is 6.17. The maximum atomic E-state index is 13.5. The summed E-state index contributed by atoms with van der Waals surface area (Å²) in [5.74, 6) is 0.417. The maximum absolute atomic E-state index is 13.5. The Morgan fingerprint density at radius 3 is 2.59 bits per heavy atom. The predicted molar refractivity (Wildman–Crippen MR) is 121 cm³/mol. The van der Waals surface area contributed by atoms with Crippen LogP contribution >= 0.6 is 11.3 Å². The van der Waals surface area contributed by atoms with E-state index in [1.807, 2.05) is 38.4 Å². The van der Waals surface area contributed by atoms with Crippen LogP contribution < -0.4 is 5.32 Å². The monoisotopic (exact) mass is 449 g/mol. The Hall–Kier alpha value is -3.72. The van der Waals surface area contributed by atoms with Gasteiger partial charge in [-0.05, 0) is 36.8 Å². The Labute approximate surface area is 189 Å². The fourth-order valence-corrected chi connectivity index (χ4v) is 4.32. The zero-order valence-electron chi connectivity index (χ0n) is 18.0. The second-order valence-corrected chi connectivity index (χ2v) is 8.35. The highest BCUT2D eigenvalue weighted by molar-refractivity contribution is 7.17. The highest BCUT2D eigenvalue weighted by atomic mass is 32.1. The van der Waals surface area contributed by atoms with E-state index in [0.717, 1.165) is 16.1 Å². The number of hydrogen-bond acceptors (Lipinski definition) is 6. The molecule has 0 saturated carbocycles. The van der Waals surface area contributed by atoms with Gasteiger partial charge in [0.05, 0.1) is 24.7 Å². The third-order valence-electron chi connectivity index (χ3n) is 4.97. The summed E-state index contributed by atoms with van der Waals surface area (Å²) in [7, 11) is 3.44. The summed E-state index contributed by atoms with van der Waals surface area (Å²) in [4.78, 5) is 32.2. The van der Waals surface area contributed by atoms with E-state index < -0.39 is 0 Å². The Morgan fingerprint density at radius 1 is 1.19 bits per heavy atom. The largest absolute Gasteiger partial charge is 0.467 e. The van der Waals surface area contributed by atoms with Crippen molar-refractivity contribution in [1.82, 2.24) is 25.0 Å². The van der Waals surface area contributed by atoms with Gasteiger partial charge in [0.25, 0.3) is 11.8 Å². The van der Waals surface area contributed by atoms with E-state index in [9.17, 15) is 9.59 Å². The molecule has 2 amide bonds. The Bertz CT molecular complexity index is 1230. The van der Waals surface area contributed by atoms with Crippen LogP contribution in [0.4, 0.5) is 0 Å². The van der Waals surface area contributed by atoms with E-state index in [-0.39, 0.29) is 11.8 Å². The number of carbonyl (C=O) groups excluding carboxylic acids is 2. The van der Waals surface area contributed by atoms with E-state index in [1.54, 1.807) is 47.3 Å². The first kappa shape index (κ1) is 21.5. The van der Waals surface area contributed by atoms with Gasteiger partial charge in [0, 0.05) is 38.0 Å². The normalized spacial score (nSPS) is 10.8. The minimum absolute atomic E-state index is 0.123. The fourth-order valence-electron chi connectivity index (χ4n) is 3.31. The van der Waals surface area contributed by atoms with E-state index in [1.165, 1.54) is 11.3 Å². The standard InChI is InChI=1S/C23H23N5O3S/c1-15-20(32-22(26-15)18-11-25-27(3)13-18)23(30)28(14-19-5-4-10-31-19)12-16-6-8-17(9-7-16)21(29)24-2/h4-11,13H,12,14H2,1-3H3,(H,24,29). The lowest BCUT2D eigenvalue weighted by atomic mass is 10.1. The second kappa shape index (κ2) is 9.19. The zero-order chi connectivity index (χ0) is 22.7. The number of furan rings is 1. The fraction of sp³-hybridized carbons (Fsp3) is 0.217. The predicted octanol–water partition coefficient (Wildman–Crippen LogP) is 3.65. The van der Waals surface area contributed by atoms with Crippen molar-refractivity contribution < 1.29 is 14.0 Å². The molecule has 0 atom stereocenters. The van der Waals surface area contributed by atoms with E-state index in [2.05, 4.69) is 15.4 Å². The number of benzene rings is 1. The van der Waals surface area contributed by atoms with Gasteiger partial charge in [0.1, 0.15) is 15.6 Å². The number of rotatable bonds is 7. The minimum Gasteiger partial charge on any atom is -0.467 e. The van der Waals surface area contributed by atoms with E-state index in [0.29, 0.717) is 35.0 Å². The molecule has 0 spiro atoms. The first-order chi connectivity index (χ1) is 15.4. The van der Waals surface area contributed by atoms with Gasteiger partial charge in [-0.15, -0.1) is 11.3 Å². The van der Waals surface area contributed by atoms with E-state index in [4.69, 9.17) is 4.42 Å². The Morgan fingerprint density at radius 2 is 1.97 bits per heavy atom. The quantitative estimate of drug-likeness (QED) is 0.465. The molecule has 0 bridgehead atoms. The van der Waals surface area contributed by atoms with Crippen LogP contribution in [0, 0.1) is 6.92 Å². The van der Waals surface area contributed by atoms with Crippen molar-refractivity contribution in [1.29, 1.82) is 0 Å². The Kier molecular flexibility index (Phi) is 6.18. The minimum atomic E-state index is -0.150. The molecular weight excluding hydrogens is 426 g/mol. The molecule has 164 valence electrons. The van der Waals surface area contributed by atoms with Crippen molar-refractivity contribution in [3.05, 3.63) is 82.5 Å². The van der Waals surface area contributed by atoms with Gasteiger partial charge in [-0.1, -0.05) is 12.1 Å². The van der Waals surface area contributed by atoms with Gasteiger partial charge in [-0.25, -0.2) is 4.98 Å². The average molecular weight is 450 g/mol. The molecule has 3 aromatic heterocycles. The number of aromatic nitrogens is 3. The van der Waals surface area contributed by atoms with Crippen molar-refractivity contribution in [3.63, 3.8) is 0 Å². The highest BCUT2D eigenvalue weighted by Gasteiger charge is 2.24. The summed E-state index contributed by atoms with van der Waals surface area (Å²) in [6.45, 7) is 2.53. The van der Waals surface area contributed by atoms with Gasteiger partial charge in [-0.3, -0.25) is 14.3 Å². The van der Waals surface area contributed by atoms with Crippen molar-refractivity contribution in [2.24, 2.45) is 7.05 Å². The summed E-state index contributed by atoms with van der Waals surface area (Å²) >= 11 is 1.36. The number of nitrogens with one attached hydrogen (secondary N) is 1. The third kappa shape index (κ3) is 4.62. The molecule has 0 radical (unpaired) electrons. The van der Waals surface area contributed by atoms with E-state index >= 15 is 0 Å². The molecule has 0 aliphatic carbocycles. The molecule has 4 rings (SSSR count). The van der Waals surface area contributed by atoms with Crippen molar-refractivity contribution in [3.8, 4) is 10.6 Å². The maximum Gasteiger partial charge on any atom is 0.266 e. The van der Waals surface area contributed by atoms with Crippen LogP contribution in [0.5, 0.6) is 0 Å².